The normalized spacial score (nSPS) is 38.3. The van der Waals surface area contributed by atoms with E-state index in [4.69, 9.17) is 9.47 Å². The molecule has 1 aliphatic heterocycles. The molecule has 110 valence electrons. The molecule has 5 heteroatoms. The molecule has 1 heterocycles. The van der Waals surface area contributed by atoms with Gasteiger partial charge in [-0.3, -0.25) is 4.79 Å². The molecule has 0 unspecified atom stereocenters. The van der Waals surface area contributed by atoms with Crippen molar-refractivity contribution in [3.63, 3.8) is 0 Å². The quantitative estimate of drug-likeness (QED) is 0.635. The van der Waals surface area contributed by atoms with Crippen LogP contribution in [0.25, 0.3) is 0 Å². The van der Waals surface area contributed by atoms with Crippen molar-refractivity contribution >= 4 is 21.9 Å². The zero-order valence-electron chi connectivity index (χ0n) is 11.8. The highest BCUT2D eigenvalue weighted by Crippen LogP contribution is 2.53. The Bertz CT molecular complexity index is 352. The van der Waals surface area contributed by atoms with E-state index < -0.39 is 5.60 Å². The number of ether oxygens (including phenoxy) is 2. The molecule has 0 aromatic heterocycles. The van der Waals surface area contributed by atoms with Gasteiger partial charge in [0.2, 0.25) is 0 Å². The van der Waals surface area contributed by atoms with Crippen molar-refractivity contribution in [2.24, 2.45) is 11.3 Å². The zero-order valence-corrected chi connectivity index (χ0v) is 13.4. The Labute approximate surface area is 123 Å². The molecule has 0 radical (unpaired) electrons. The summed E-state index contributed by atoms with van der Waals surface area (Å²) < 4.78 is 11.1. The minimum Gasteiger partial charge on any atom is -0.460 e. The number of esters is 1. The molecule has 1 saturated carbocycles. The first-order chi connectivity index (χ1) is 8.77. The molecule has 0 amide bonds. The predicted molar refractivity (Wildman–Crippen MR) is 75.2 cm³/mol. The molecule has 4 nitrogen and oxygen atoms in total. The molecule has 1 aliphatic carbocycles. The average molecular weight is 335 g/mol. The third kappa shape index (κ3) is 3.14. The van der Waals surface area contributed by atoms with Gasteiger partial charge in [0.1, 0.15) is 5.60 Å². The largest absolute Gasteiger partial charge is 0.460 e. The highest BCUT2D eigenvalue weighted by molar-refractivity contribution is 9.09. The first kappa shape index (κ1) is 15.3. The number of alkyl halides is 1. The van der Waals surface area contributed by atoms with Gasteiger partial charge < -0.3 is 14.6 Å². The van der Waals surface area contributed by atoms with Crippen molar-refractivity contribution in [1.82, 2.24) is 0 Å². The smallest absolute Gasteiger partial charge is 0.306 e. The summed E-state index contributed by atoms with van der Waals surface area (Å²) in [6.45, 7) is 6.45. The lowest BCUT2D eigenvalue weighted by atomic mass is 9.83. The molecular weight excluding hydrogens is 312 g/mol. The predicted octanol–water partition coefficient (Wildman–Crippen LogP) is 2.27. The molecule has 4 atom stereocenters. The lowest BCUT2D eigenvalue weighted by Crippen LogP contribution is -2.33. The average Bonchev–Trinajstić information content (AvgIpc) is 2.77. The van der Waals surface area contributed by atoms with E-state index in [9.17, 15) is 9.90 Å². The maximum absolute atomic E-state index is 11.9. The SMILES string of the molecule is CC(C)(C)OC(=O)C[C@H]1C[C@]2(CO)CCO[C@@H]2[C@H]1Br. The fraction of sp³-hybridized carbons (Fsp3) is 0.929. The van der Waals surface area contributed by atoms with E-state index in [1.807, 2.05) is 20.8 Å². The molecule has 0 spiro atoms. The van der Waals surface area contributed by atoms with Crippen LogP contribution in [-0.2, 0) is 14.3 Å². The second-order valence-corrected chi connectivity index (χ2v) is 7.82. The maximum atomic E-state index is 11.9. The lowest BCUT2D eigenvalue weighted by molar-refractivity contribution is -0.156. The van der Waals surface area contributed by atoms with E-state index in [2.05, 4.69) is 15.9 Å². The van der Waals surface area contributed by atoms with E-state index in [-0.39, 0.29) is 34.8 Å². The standard InChI is InChI=1S/C14H23BrO4/c1-13(2,3)19-10(17)6-9-7-14(8-16)4-5-18-12(14)11(9)15/h9,11-12,16H,4-8H2,1-3H3/t9-,11-,12+,14-/m0/s1. The van der Waals surface area contributed by atoms with Crippen LogP contribution in [0.5, 0.6) is 0 Å². The van der Waals surface area contributed by atoms with Gasteiger partial charge in [-0.1, -0.05) is 15.9 Å². The highest BCUT2D eigenvalue weighted by atomic mass is 79.9. The summed E-state index contributed by atoms with van der Waals surface area (Å²) in [4.78, 5) is 12.0. The third-order valence-corrected chi connectivity index (χ3v) is 5.30. The molecule has 0 aromatic rings. The van der Waals surface area contributed by atoms with Crippen LogP contribution in [0.1, 0.15) is 40.0 Å². The first-order valence-corrected chi connectivity index (χ1v) is 7.77. The minimum atomic E-state index is -0.446. The van der Waals surface area contributed by atoms with E-state index in [1.165, 1.54) is 0 Å². The van der Waals surface area contributed by atoms with E-state index >= 15 is 0 Å². The lowest BCUT2D eigenvalue weighted by Gasteiger charge is -2.25. The van der Waals surface area contributed by atoms with Crippen LogP contribution in [0, 0.1) is 11.3 Å². The summed E-state index contributed by atoms with van der Waals surface area (Å²) >= 11 is 3.65. The number of carbonyl (C=O) groups excluding carboxylic acids is 1. The Balaban J connectivity index is 1.98. The van der Waals surface area contributed by atoms with Crippen LogP contribution in [-0.4, -0.2) is 40.8 Å². The van der Waals surface area contributed by atoms with Gasteiger partial charge in [-0.2, -0.15) is 0 Å². The van der Waals surface area contributed by atoms with Gasteiger partial charge in [-0.15, -0.1) is 0 Å². The van der Waals surface area contributed by atoms with E-state index in [1.54, 1.807) is 0 Å². The van der Waals surface area contributed by atoms with Crippen molar-refractivity contribution in [2.45, 2.75) is 56.6 Å². The maximum Gasteiger partial charge on any atom is 0.306 e. The number of fused-ring (bicyclic) bond motifs is 1. The van der Waals surface area contributed by atoms with Crippen molar-refractivity contribution < 1.29 is 19.4 Å². The molecule has 0 bridgehead atoms. The van der Waals surface area contributed by atoms with Crippen LogP contribution < -0.4 is 0 Å². The monoisotopic (exact) mass is 334 g/mol. The molecule has 19 heavy (non-hydrogen) atoms. The summed E-state index contributed by atoms with van der Waals surface area (Å²) in [5.74, 6) is 0.00214. The molecule has 1 saturated heterocycles. The third-order valence-electron chi connectivity index (χ3n) is 4.07. The van der Waals surface area contributed by atoms with Crippen LogP contribution >= 0.6 is 15.9 Å². The minimum absolute atomic E-state index is 0.0185. The zero-order chi connectivity index (χ0) is 14.3. The molecule has 2 aliphatic rings. The number of rotatable bonds is 3. The Morgan fingerprint density at radius 2 is 2.21 bits per heavy atom. The molecular formula is C14H23BrO4. The number of hydrogen-bond donors (Lipinski definition) is 1. The summed E-state index contributed by atoms with van der Waals surface area (Å²) in [7, 11) is 0. The number of halogens is 1. The Kier molecular flexibility index (Phi) is 4.29. The summed E-state index contributed by atoms with van der Waals surface area (Å²) in [6.07, 6.45) is 2.10. The molecule has 0 aromatic carbocycles. The van der Waals surface area contributed by atoms with Crippen molar-refractivity contribution in [3.05, 3.63) is 0 Å². The fourth-order valence-electron chi connectivity index (χ4n) is 3.25. The second-order valence-electron chi connectivity index (χ2n) is 6.76. The van der Waals surface area contributed by atoms with Gasteiger partial charge in [0.15, 0.2) is 0 Å². The van der Waals surface area contributed by atoms with Crippen molar-refractivity contribution in [3.8, 4) is 0 Å². The van der Waals surface area contributed by atoms with Crippen molar-refractivity contribution in [2.75, 3.05) is 13.2 Å². The Morgan fingerprint density at radius 3 is 2.74 bits per heavy atom. The Morgan fingerprint density at radius 1 is 1.53 bits per heavy atom. The fourth-order valence-corrected chi connectivity index (χ4v) is 4.34. The summed E-state index contributed by atoms with van der Waals surface area (Å²) in [5.41, 5.74) is -0.612. The number of hydrogen-bond acceptors (Lipinski definition) is 4. The Hall–Kier alpha value is -0.130. The molecule has 1 N–H and O–H groups in total. The summed E-state index contributed by atoms with van der Waals surface area (Å²) in [6, 6.07) is 0. The topological polar surface area (TPSA) is 55.8 Å². The number of aliphatic hydroxyl groups is 1. The van der Waals surface area contributed by atoms with E-state index in [0.717, 1.165) is 12.8 Å². The van der Waals surface area contributed by atoms with Gasteiger partial charge >= 0.3 is 5.97 Å². The molecule has 2 rings (SSSR count). The van der Waals surface area contributed by atoms with Crippen LogP contribution in [0.3, 0.4) is 0 Å². The van der Waals surface area contributed by atoms with Gasteiger partial charge in [-0.05, 0) is 39.5 Å². The first-order valence-electron chi connectivity index (χ1n) is 6.86. The number of aliphatic hydroxyl groups excluding tert-OH is 1. The van der Waals surface area contributed by atoms with Crippen LogP contribution in [0.15, 0.2) is 0 Å². The van der Waals surface area contributed by atoms with Gasteiger partial charge in [0.05, 0.1) is 12.7 Å². The number of carbonyl (C=O) groups is 1. The van der Waals surface area contributed by atoms with E-state index in [0.29, 0.717) is 13.0 Å². The van der Waals surface area contributed by atoms with Gasteiger partial charge in [0.25, 0.3) is 0 Å². The highest BCUT2D eigenvalue weighted by Gasteiger charge is 2.56. The summed E-state index contributed by atoms with van der Waals surface area (Å²) in [5, 5.41) is 9.67. The second kappa shape index (κ2) is 5.34. The van der Waals surface area contributed by atoms with Crippen LogP contribution in [0.2, 0.25) is 0 Å². The van der Waals surface area contributed by atoms with Crippen molar-refractivity contribution in [1.29, 1.82) is 0 Å². The molecule has 2 fully saturated rings. The van der Waals surface area contributed by atoms with Gasteiger partial charge in [0, 0.05) is 23.3 Å². The van der Waals surface area contributed by atoms with Crippen LogP contribution in [0.4, 0.5) is 0 Å². The van der Waals surface area contributed by atoms with Gasteiger partial charge in [-0.25, -0.2) is 0 Å².